The van der Waals surface area contributed by atoms with E-state index in [4.69, 9.17) is 18.0 Å². The number of carbonyl (C=O) groups is 1. The number of hydrogen-bond acceptors (Lipinski definition) is 3. The van der Waals surface area contributed by atoms with E-state index >= 15 is 0 Å². The van der Waals surface area contributed by atoms with E-state index in [1.54, 1.807) is 0 Å². The molecular formula is C13H22F3N3OS. The Hall–Kier alpha value is -0.890. The second-order valence-corrected chi connectivity index (χ2v) is 5.71. The summed E-state index contributed by atoms with van der Waals surface area (Å²) in [7, 11) is 0. The molecule has 0 bridgehead atoms. The third kappa shape index (κ3) is 6.17. The maximum atomic E-state index is 12.1. The van der Waals surface area contributed by atoms with Crippen LogP contribution >= 0.6 is 12.2 Å². The molecule has 0 aliphatic carbocycles. The third-order valence-electron chi connectivity index (χ3n) is 3.62. The number of halogens is 3. The summed E-state index contributed by atoms with van der Waals surface area (Å²) >= 11 is 5.06. The van der Waals surface area contributed by atoms with Gasteiger partial charge in [0.05, 0.1) is 17.5 Å². The summed E-state index contributed by atoms with van der Waals surface area (Å²) in [6, 6.07) is 0.0115. The summed E-state index contributed by atoms with van der Waals surface area (Å²) in [5, 5.41) is 0. The molecule has 21 heavy (non-hydrogen) atoms. The van der Waals surface area contributed by atoms with Gasteiger partial charge in [-0.2, -0.15) is 13.2 Å². The molecule has 0 aromatic heterocycles. The van der Waals surface area contributed by atoms with Crippen molar-refractivity contribution in [2.75, 3.05) is 26.2 Å². The molecule has 0 spiro atoms. The normalized spacial score (nSPS) is 18.6. The summed E-state index contributed by atoms with van der Waals surface area (Å²) in [5.41, 5.74) is 5.73. The second-order valence-electron chi connectivity index (χ2n) is 5.24. The van der Waals surface area contributed by atoms with Crippen LogP contribution in [0.25, 0.3) is 0 Å². The van der Waals surface area contributed by atoms with Crippen LogP contribution in [0.2, 0.25) is 0 Å². The topological polar surface area (TPSA) is 49.6 Å². The zero-order chi connectivity index (χ0) is 16.0. The van der Waals surface area contributed by atoms with E-state index in [1.807, 2.05) is 6.92 Å². The number of nitrogens with two attached hydrogens (primary N) is 1. The summed E-state index contributed by atoms with van der Waals surface area (Å²) in [6.45, 7) is 4.10. The second kappa shape index (κ2) is 7.93. The Balaban J connectivity index is 2.44. The van der Waals surface area contributed by atoms with Gasteiger partial charge in [-0.1, -0.05) is 25.6 Å². The number of alkyl halides is 3. The molecule has 8 heteroatoms. The van der Waals surface area contributed by atoms with Crippen LogP contribution < -0.4 is 5.73 Å². The van der Waals surface area contributed by atoms with Crippen molar-refractivity contribution < 1.29 is 18.0 Å². The molecule has 1 atom stereocenters. The summed E-state index contributed by atoms with van der Waals surface area (Å²) in [6.07, 6.45) is -4.01. The molecule has 1 amide bonds. The number of rotatable bonds is 6. The van der Waals surface area contributed by atoms with Crippen LogP contribution in [-0.2, 0) is 4.79 Å². The molecule has 4 nitrogen and oxygen atoms in total. The summed E-state index contributed by atoms with van der Waals surface area (Å²) < 4.78 is 36.4. The number of piperazine rings is 1. The van der Waals surface area contributed by atoms with E-state index in [-0.39, 0.29) is 6.04 Å². The lowest BCUT2D eigenvalue weighted by Gasteiger charge is -2.39. The van der Waals surface area contributed by atoms with Gasteiger partial charge in [-0.3, -0.25) is 9.69 Å². The Bertz CT molecular complexity index is 368. The van der Waals surface area contributed by atoms with Gasteiger partial charge < -0.3 is 10.6 Å². The molecule has 0 saturated carbocycles. The van der Waals surface area contributed by atoms with E-state index in [2.05, 4.69) is 4.90 Å². The highest BCUT2D eigenvalue weighted by Crippen LogP contribution is 2.22. The maximum absolute atomic E-state index is 12.1. The van der Waals surface area contributed by atoms with Crippen LogP contribution in [0.3, 0.4) is 0 Å². The molecular weight excluding hydrogens is 303 g/mol. The molecule has 0 aromatic rings. The predicted molar refractivity (Wildman–Crippen MR) is 78.9 cm³/mol. The Morgan fingerprint density at radius 3 is 2.29 bits per heavy atom. The Labute approximate surface area is 128 Å². The van der Waals surface area contributed by atoms with Gasteiger partial charge in [0, 0.05) is 32.6 Å². The third-order valence-corrected chi connectivity index (χ3v) is 3.89. The number of nitrogens with zero attached hydrogens (tertiary/aromatic N) is 2. The lowest BCUT2D eigenvalue weighted by atomic mass is 10.1. The first-order valence-electron chi connectivity index (χ1n) is 7.12. The van der Waals surface area contributed by atoms with Gasteiger partial charge in [-0.15, -0.1) is 0 Å². The first kappa shape index (κ1) is 18.2. The van der Waals surface area contributed by atoms with E-state index in [1.165, 1.54) is 4.90 Å². The van der Waals surface area contributed by atoms with Crippen LogP contribution in [0.15, 0.2) is 0 Å². The largest absolute Gasteiger partial charge is 0.392 e. The lowest BCUT2D eigenvalue weighted by Crippen LogP contribution is -2.54. The van der Waals surface area contributed by atoms with Gasteiger partial charge in [0.1, 0.15) is 0 Å². The standard InChI is InChI=1S/C13H22F3N3OS/c1-2-3-10(12(17)21)18-6-8-19(9-7-18)11(20)4-5-13(14,15)16/h10H,2-9H2,1H3,(H2,17,21). The van der Waals surface area contributed by atoms with Crippen LogP contribution in [0.5, 0.6) is 0 Å². The van der Waals surface area contributed by atoms with Crippen molar-refractivity contribution in [2.45, 2.75) is 44.8 Å². The molecule has 1 fully saturated rings. The highest BCUT2D eigenvalue weighted by molar-refractivity contribution is 7.80. The molecule has 1 rings (SSSR count). The van der Waals surface area contributed by atoms with Gasteiger partial charge >= 0.3 is 6.18 Å². The van der Waals surface area contributed by atoms with Gasteiger partial charge in [-0.25, -0.2) is 0 Å². The minimum absolute atomic E-state index is 0.0115. The molecule has 1 heterocycles. The van der Waals surface area contributed by atoms with Crippen LogP contribution in [-0.4, -0.2) is 59.1 Å². The quantitative estimate of drug-likeness (QED) is 0.758. The molecule has 1 saturated heterocycles. The van der Waals surface area contributed by atoms with Crippen LogP contribution in [0.4, 0.5) is 13.2 Å². The zero-order valence-electron chi connectivity index (χ0n) is 12.2. The van der Waals surface area contributed by atoms with Crippen molar-refractivity contribution in [1.82, 2.24) is 9.80 Å². The summed E-state index contributed by atoms with van der Waals surface area (Å²) in [4.78, 5) is 15.8. The molecule has 2 N–H and O–H groups in total. The van der Waals surface area contributed by atoms with Gasteiger partial charge in [0.15, 0.2) is 0 Å². The van der Waals surface area contributed by atoms with Crippen molar-refractivity contribution >= 4 is 23.1 Å². The maximum Gasteiger partial charge on any atom is 0.389 e. The fraction of sp³-hybridized carbons (Fsp3) is 0.846. The highest BCUT2D eigenvalue weighted by Gasteiger charge is 2.31. The Morgan fingerprint density at radius 2 is 1.86 bits per heavy atom. The smallest absolute Gasteiger partial charge is 0.389 e. The monoisotopic (exact) mass is 325 g/mol. The Kier molecular flexibility index (Phi) is 6.86. The number of carbonyl (C=O) groups excluding carboxylic acids is 1. The SMILES string of the molecule is CCCC(C(N)=S)N1CCN(C(=O)CCC(F)(F)F)CC1. The van der Waals surface area contributed by atoms with E-state index in [0.717, 1.165) is 12.8 Å². The first-order valence-corrected chi connectivity index (χ1v) is 7.53. The van der Waals surface area contributed by atoms with Crippen molar-refractivity contribution in [3.05, 3.63) is 0 Å². The van der Waals surface area contributed by atoms with Gasteiger partial charge in [0.2, 0.25) is 5.91 Å². The van der Waals surface area contributed by atoms with E-state index < -0.39 is 24.9 Å². The van der Waals surface area contributed by atoms with Crippen molar-refractivity contribution in [2.24, 2.45) is 5.73 Å². The highest BCUT2D eigenvalue weighted by atomic mass is 32.1. The number of hydrogen-bond donors (Lipinski definition) is 1. The average molecular weight is 325 g/mol. The molecule has 1 aliphatic heterocycles. The van der Waals surface area contributed by atoms with E-state index in [9.17, 15) is 18.0 Å². The predicted octanol–water partition coefficient (Wildman–Crippen LogP) is 1.93. The van der Waals surface area contributed by atoms with E-state index in [0.29, 0.717) is 31.2 Å². The van der Waals surface area contributed by atoms with Gasteiger partial charge in [0.25, 0.3) is 0 Å². The minimum Gasteiger partial charge on any atom is -0.392 e. The average Bonchev–Trinajstić information content (AvgIpc) is 2.41. The minimum atomic E-state index is -4.28. The lowest BCUT2D eigenvalue weighted by molar-refractivity contribution is -0.150. The first-order chi connectivity index (χ1) is 9.74. The zero-order valence-corrected chi connectivity index (χ0v) is 13.0. The van der Waals surface area contributed by atoms with Crippen molar-refractivity contribution in [3.63, 3.8) is 0 Å². The molecule has 1 aliphatic rings. The van der Waals surface area contributed by atoms with Crippen molar-refractivity contribution in [1.29, 1.82) is 0 Å². The van der Waals surface area contributed by atoms with Gasteiger partial charge in [-0.05, 0) is 6.42 Å². The number of amides is 1. The number of thiocarbonyl (C=S) groups is 1. The fourth-order valence-corrected chi connectivity index (χ4v) is 2.73. The Morgan fingerprint density at radius 1 is 1.29 bits per heavy atom. The summed E-state index contributed by atoms with van der Waals surface area (Å²) in [5.74, 6) is -0.436. The molecule has 1 unspecified atom stereocenters. The van der Waals surface area contributed by atoms with Crippen molar-refractivity contribution in [3.8, 4) is 0 Å². The molecule has 0 radical (unpaired) electrons. The van der Waals surface area contributed by atoms with Crippen LogP contribution in [0.1, 0.15) is 32.6 Å². The molecule has 122 valence electrons. The molecule has 0 aromatic carbocycles. The van der Waals surface area contributed by atoms with Crippen LogP contribution in [0, 0.1) is 0 Å². The fourth-order valence-electron chi connectivity index (χ4n) is 2.47.